The molecule has 0 spiro atoms. The molecule has 18 N–H and O–H groups in total. The Kier molecular flexibility index (Phi) is 18.3. The van der Waals surface area contributed by atoms with Gasteiger partial charge < -0.3 is 106 Å². The number of anilines is 4. The molecular weight excluding hydrogens is 1320 g/mol. The van der Waals surface area contributed by atoms with E-state index in [4.69, 9.17) is 74.2 Å². The summed E-state index contributed by atoms with van der Waals surface area (Å²) in [5, 5.41) is 56.8. The van der Waals surface area contributed by atoms with Gasteiger partial charge in [-0.1, -0.05) is 0 Å². The lowest BCUT2D eigenvalue weighted by atomic mass is 10.1. The zero-order valence-electron chi connectivity index (χ0n) is 46.7. The van der Waals surface area contributed by atoms with Crippen molar-refractivity contribution in [2.45, 2.75) is 98.2 Å². The van der Waals surface area contributed by atoms with Crippen molar-refractivity contribution in [3.05, 3.63) is 50.6 Å². The van der Waals surface area contributed by atoms with Gasteiger partial charge in [0.2, 0.25) is 0 Å². The van der Waals surface area contributed by atoms with Crippen molar-refractivity contribution < 1.29 is 120 Å². The summed E-state index contributed by atoms with van der Waals surface area (Å²) in [6.07, 6.45) is -21.2. The molecule has 498 valence electrons. The van der Waals surface area contributed by atoms with E-state index in [9.17, 15) is 68.3 Å². The summed E-state index contributed by atoms with van der Waals surface area (Å²) in [6.45, 7) is -3.09. The van der Waals surface area contributed by atoms with E-state index >= 15 is 0 Å². The molecule has 19 atom stereocenters. The number of aliphatic hydroxyl groups is 5. The Hall–Kier alpha value is -6.52. The fourth-order valence-corrected chi connectivity index (χ4v) is 13.8. The summed E-state index contributed by atoms with van der Waals surface area (Å²) in [5.41, 5.74) is 24.3. The number of nitrogen functional groups attached to an aromatic ring is 4. The number of imidazole rings is 4. The van der Waals surface area contributed by atoms with Crippen molar-refractivity contribution >= 4 is 98.5 Å². The van der Waals surface area contributed by atoms with E-state index in [-0.39, 0.29) is 67.9 Å². The molecule has 4 saturated heterocycles. The van der Waals surface area contributed by atoms with Crippen molar-refractivity contribution in [3.63, 3.8) is 0 Å². The number of rotatable bonds is 25. The van der Waals surface area contributed by atoms with E-state index in [1.807, 2.05) is 0 Å². The summed E-state index contributed by atoms with van der Waals surface area (Å²) in [4.78, 5) is 101. The molecule has 0 saturated carbocycles. The van der Waals surface area contributed by atoms with Gasteiger partial charge in [0.25, 0.3) is 0 Å². The normalized spacial score (nSPS) is 30.7. The summed E-state index contributed by atoms with van der Waals surface area (Å²) in [7, 11) is -20.2. The highest BCUT2D eigenvalue weighted by Crippen LogP contribution is 2.53. The molecule has 3 unspecified atom stereocenters. The van der Waals surface area contributed by atoms with Crippen LogP contribution in [0.4, 0.5) is 23.3 Å². The molecule has 0 amide bonds. The molecular formula is C43H56N20O25P4. The van der Waals surface area contributed by atoms with Crippen LogP contribution < -0.4 is 22.9 Å². The van der Waals surface area contributed by atoms with Crippen LogP contribution in [0.1, 0.15) is 24.9 Å². The third kappa shape index (κ3) is 13.2. The number of ether oxygens (including phenoxy) is 7. The van der Waals surface area contributed by atoms with E-state index in [1.54, 1.807) is 0 Å². The molecule has 4 fully saturated rings. The number of phosphoric ester groups is 1. The van der Waals surface area contributed by atoms with E-state index < -0.39 is 174 Å². The van der Waals surface area contributed by atoms with Gasteiger partial charge in [0, 0.05) is 0 Å². The second-order valence-electron chi connectivity index (χ2n) is 21.0. The molecule has 0 bridgehead atoms. The quantitative estimate of drug-likeness (QED) is 0.0241. The number of hydrogen-bond acceptors (Lipinski definition) is 36. The first-order valence-corrected chi connectivity index (χ1v) is 33.7. The zero-order chi connectivity index (χ0) is 65.3. The standard InChI is InChI=1S/C43H56N20O25P4/c44-32-20-36(52-5-48-32)60(9-56-20)40-28(68)24(64)19(82-40)4-81-92(76,77)88-31-27(67)18(85-43(31)63-12-59-23-35(47)51-8-55-39(23)63)3-80-15-91(74,75)87-30-26(66)17(84-42(30)62-11-58-22-34(46)50-7-54-38(22)62)2-79-14-90(72,73)86-29-25(65)16(1-78-13-89(69,70)71)83-41(29)61-10-57-21-33(45)49-6-53-37(21)61/h5-12,16-19,24-31,40-43,64-68H,1-4,13-15H2,(H,72,73)(H,74,75)(H,76,77)(H2,44,48,52)(H2,45,49,53)(H2,46,50,54)(H2,47,51,55)(H2,69,70,71)/t16-,17-,18-,19-,24-,25-,26-,27-,28-,29+,30+,31+,40-,41-,42-,43-/m1/s1. The average molecular weight is 1380 g/mol. The Morgan fingerprint density at radius 3 is 1.04 bits per heavy atom. The van der Waals surface area contributed by atoms with Crippen molar-refractivity contribution in [1.29, 1.82) is 0 Å². The molecule has 12 heterocycles. The van der Waals surface area contributed by atoms with Crippen LogP contribution in [0.5, 0.6) is 0 Å². The van der Waals surface area contributed by atoms with Gasteiger partial charge in [0.05, 0.1) is 51.7 Å². The van der Waals surface area contributed by atoms with E-state index in [0.717, 1.165) is 44.3 Å². The Balaban J connectivity index is 0.714. The van der Waals surface area contributed by atoms with Crippen LogP contribution in [0.3, 0.4) is 0 Å². The van der Waals surface area contributed by atoms with Crippen molar-refractivity contribution in [3.8, 4) is 0 Å². The molecule has 49 heteroatoms. The van der Waals surface area contributed by atoms with Crippen LogP contribution in [0.2, 0.25) is 0 Å². The number of fused-ring (bicyclic) bond motifs is 4. The molecule has 0 radical (unpaired) electrons. The Morgan fingerprint density at radius 1 is 0.391 bits per heavy atom. The number of nitrogens with zero attached hydrogens (tertiary/aromatic N) is 16. The van der Waals surface area contributed by atoms with Gasteiger partial charge in [-0.2, -0.15) is 0 Å². The molecule has 0 aromatic carbocycles. The Labute approximate surface area is 512 Å². The van der Waals surface area contributed by atoms with Crippen LogP contribution in [0.15, 0.2) is 50.6 Å². The molecule has 4 aliphatic heterocycles. The number of nitrogens with two attached hydrogens (primary N) is 4. The predicted octanol–water partition coefficient (Wildman–Crippen LogP) is -4.19. The summed E-state index contributed by atoms with van der Waals surface area (Å²) < 4.78 is 120. The maximum atomic E-state index is 14.1. The zero-order valence-corrected chi connectivity index (χ0v) is 50.2. The first kappa shape index (κ1) is 65.5. The van der Waals surface area contributed by atoms with Crippen LogP contribution >= 0.6 is 30.6 Å². The van der Waals surface area contributed by atoms with Gasteiger partial charge in [-0.05, 0) is 0 Å². The largest absolute Gasteiger partial charge is 0.472 e. The fraction of sp³-hybridized carbons (Fsp3) is 0.535. The number of aliphatic hydroxyl groups excluding tert-OH is 5. The molecule has 12 rings (SSSR count). The molecule has 4 aliphatic rings. The van der Waals surface area contributed by atoms with Crippen molar-refractivity contribution in [1.82, 2.24) is 78.1 Å². The fourth-order valence-electron chi connectivity index (χ4n) is 10.6. The van der Waals surface area contributed by atoms with Crippen LogP contribution in [0, 0.1) is 0 Å². The van der Waals surface area contributed by atoms with Crippen LogP contribution in [0.25, 0.3) is 44.7 Å². The summed E-state index contributed by atoms with van der Waals surface area (Å²) in [6, 6.07) is 0. The SMILES string of the molecule is Nc1ncnc2c1ncn2[C@@H]1O[C@H](COP(=O)(O)O[C@H]2[C@H](O)[C@@H](COCP(=O)(O)O[C@H]3[C@H](O)[C@@H](COCP(=O)(O)O[C@H]4[C@H](O)[C@@H](COCP(=O)(O)O)O[C@H]4n4cnc5c(N)ncnc54)O[C@H]3n3cnc4c(N)ncnc43)O[C@H]2n2cnc3c(N)ncnc32)[C@@H](O)[C@H]1O. The molecule has 0 aliphatic carbocycles. The van der Waals surface area contributed by atoms with Crippen molar-refractivity contribution in [2.75, 3.05) is 68.4 Å². The second kappa shape index (κ2) is 25.7. The first-order valence-electron chi connectivity index (χ1n) is 26.8. The van der Waals surface area contributed by atoms with E-state index in [0.29, 0.717) is 0 Å². The molecule has 8 aromatic heterocycles. The minimum Gasteiger partial charge on any atom is -0.387 e. The molecule has 45 nitrogen and oxygen atoms in total. The van der Waals surface area contributed by atoms with Crippen molar-refractivity contribution in [2.24, 2.45) is 0 Å². The minimum atomic E-state index is -5.37. The lowest BCUT2D eigenvalue weighted by Gasteiger charge is -2.25. The third-order valence-electron chi connectivity index (χ3n) is 14.8. The molecule has 8 aromatic rings. The lowest BCUT2D eigenvalue weighted by molar-refractivity contribution is -0.0673. The minimum absolute atomic E-state index is 0.0144. The summed E-state index contributed by atoms with van der Waals surface area (Å²) >= 11 is 0. The number of hydrogen-bond donors (Lipinski definition) is 14. The van der Waals surface area contributed by atoms with Gasteiger partial charge in [-0.15, -0.1) is 0 Å². The van der Waals surface area contributed by atoms with Gasteiger partial charge in [0.1, 0.15) is 140 Å². The Morgan fingerprint density at radius 2 is 0.696 bits per heavy atom. The Bertz CT molecular complexity index is 4210. The number of phosphoric acid groups is 1. The van der Waals surface area contributed by atoms with Gasteiger partial charge in [-0.25, -0.2) is 64.4 Å². The molecule has 92 heavy (non-hydrogen) atoms. The highest BCUT2D eigenvalue weighted by molar-refractivity contribution is 7.53. The number of aromatic nitrogens is 16. The van der Waals surface area contributed by atoms with Crippen LogP contribution in [-0.2, 0) is 69.5 Å². The van der Waals surface area contributed by atoms with Gasteiger partial charge >= 0.3 is 30.6 Å². The highest BCUT2D eigenvalue weighted by Gasteiger charge is 2.54. The highest BCUT2D eigenvalue weighted by atomic mass is 31.2. The van der Waals surface area contributed by atoms with Gasteiger partial charge in [0.15, 0.2) is 70.8 Å². The smallest absolute Gasteiger partial charge is 0.387 e. The second-order valence-corrected chi connectivity index (χ2v) is 27.4. The average Bonchev–Trinajstić information content (AvgIpc) is 1.65. The van der Waals surface area contributed by atoms with E-state index in [1.165, 1.54) is 24.6 Å². The lowest BCUT2D eigenvalue weighted by Crippen LogP contribution is -2.37. The first-order chi connectivity index (χ1) is 43.7. The monoisotopic (exact) mass is 1380 g/mol. The third-order valence-corrected chi connectivity index (χ3v) is 18.4. The summed E-state index contributed by atoms with van der Waals surface area (Å²) in [5.74, 6) is -0.232. The predicted molar refractivity (Wildman–Crippen MR) is 299 cm³/mol. The van der Waals surface area contributed by atoms with Crippen LogP contribution in [-0.4, -0.2) is 247 Å². The topological polar surface area (TPSA) is 651 Å². The maximum absolute atomic E-state index is 14.1. The van der Waals surface area contributed by atoms with E-state index in [2.05, 4.69) is 59.8 Å². The maximum Gasteiger partial charge on any atom is 0.472 e. The van der Waals surface area contributed by atoms with Gasteiger partial charge in [-0.3, -0.25) is 50.1 Å².